The van der Waals surface area contributed by atoms with Crippen LogP contribution in [0.2, 0.25) is 54.4 Å². The number of hydrogen-bond acceptors (Lipinski definition) is 8. The van der Waals surface area contributed by atoms with E-state index in [-0.39, 0.29) is 69.1 Å². The number of rotatable bonds is 30. The Labute approximate surface area is 433 Å². The van der Waals surface area contributed by atoms with E-state index in [4.69, 9.17) is 27.5 Å². The van der Waals surface area contributed by atoms with Crippen molar-refractivity contribution in [2.45, 2.75) is 221 Å². The van der Waals surface area contributed by atoms with Gasteiger partial charge in [0, 0.05) is 24.3 Å². The van der Waals surface area contributed by atoms with Crippen LogP contribution in [0.15, 0.2) is 85.5 Å². The molecule has 70 heavy (non-hydrogen) atoms. The molecular weight excluding hydrogens is 921 g/mol. The van der Waals surface area contributed by atoms with Gasteiger partial charge in [0.2, 0.25) is 0 Å². The SMILES string of the molecule is C=C/C=C\[C@H](C)[C@H](OCc1ccc(OC)cc1)[C@@H](C)[C@@H](CC[C@H](C)C[C@H](C)[C@H](O[Si](C)(C)C(C)(C)C)[C@H](C)/C=C\[C@@H](O)C[C@H](O[Si](C)(C)C(C)(C)C)[C@H](C)/C=C/C=C\C(=O)OC)O[Si](C)(C)C(C)(C)C. The van der Waals surface area contributed by atoms with Crippen molar-refractivity contribution < 1.29 is 37.4 Å². The van der Waals surface area contributed by atoms with Crippen molar-refractivity contribution in [2.75, 3.05) is 14.2 Å². The molecule has 0 spiro atoms. The Morgan fingerprint density at radius 2 is 1.13 bits per heavy atom. The fourth-order valence-electron chi connectivity index (χ4n) is 8.07. The Morgan fingerprint density at radius 1 is 0.629 bits per heavy atom. The Morgan fingerprint density at radius 3 is 1.63 bits per heavy atom. The zero-order chi connectivity index (χ0) is 54.1. The largest absolute Gasteiger partial charge is 0.497 e. The van der Waals surface area contributed by atoms with Gasteiger partial charge in [0.15, 0.2) is 25.0 Å². The second kappa shape index (κ2) is 28.9. The van der Waals surface area contributed by atoms with Crippen molar-refractivity contribution in [3.8, 4) is 5.75 Å². The zero-order valence-electron chi connectivity index (χ0n) is 48.9. The van der Waals surface area contributed by atoms with Gasteiger partial charge in [-0.05, 0) is 115 Å². The van der Waals surface area contributed by atoms with Gasteiger partial charge in [0.05, 0.1) is 51.3 Å². The van der Waals surface area contributed by atoms with E-state index in [1.807, 2.05) is 42.5 Å². The third kappa shape index (κ3) is 22.0. The molecule has 0 aliphatic carbocycles. The van der Waals surface area contributed by atoms with Crippen LogP contribution in [0.1, 0.15) is 135 Å². The molecule has 0 amide bonds. The van der Waals surface area contributed by atoms with Gasteiger partial charge in [-0.25, -0.2) is 4.79 Å². The van der Waals surface area contributed by atoms with E-state index >= 15 is 0 Å². The third-order valence-electron chi connectivity index (χ3n) is 16.0. The Kier molecular flexibility index (Phi) is 27.1. The van der Waals surface area contributed by atoms with Crippen LogP contribution in [0.3, 0.4) is 0 Å². The number of ether oxygens (including phenoxy) is 3. The van der Waals surface area contributed by atoms with Crippen molar-refractivity contribution in [2.24, 2.45) is 35.5 Å². The van der Waals surface area contributed by atoms with Crippen molar-refractivity contribution in [3.05, 3.63) is 91.1 Å². The normalized spacial score (nSPS) is 18.6. The number of carbonyl (C=O) groups excluding carboxylic acids is 1. The fraction of sp³-hybridized carbons (Fsp3) is 0.712. The van der Waals surface area contributed by atoms with E-state index in [0.717, 1.165) is 30.6 Å². The van der Waals surface area contributed by atoms with Gasteiger partial charge in [0.1, 0.15) is 5.75 Å². The molecule has 11 heteroatoms. The molecule has 0 aromatic heterocycles. The predicted octanol–water partition coefficient (Wildman–Crippen LogP) is 16.1. The Hall–Kier alpha value is -2.36. The molecule has 1 aromatic carbocycles. The first-order valence-corrected chi connectivity index (χ1v) is 35.1. The van der Waals surface area contributed by atoms with Gasteiger partial charge < -0.3 is 32.6 Å². The number of benzene rings is 1. The minimum Gasteiger partial charge on any atom is -0.497 e. The first kappa shape index (κ1) is 65.7. The van der Waals surface area contributed by atoms with Gasteiger partial charge >= 0.3 is 5.97 Å². The molecule has 8 nitrogen and oxygen atoms in total. The molecule has 0 saturated carbocycles. The van der Waals surface area contributed by atoms with Gasteiger partial charge in [-0.1, -0.05) is 171 Å². The molecule has 0 radical (unpaired) electrons. The molecule has 0 unspecified atom stereocenters. The lowest BCUT2D eigenvalue weighted by Gasteiger charge is -2.44. The molecule has 0 aliphatic rings. The number of aliphatic hydroxyl groups excluding tert-OH is 1. The first-order chi connectivity index (χ1) is 32.0. The maximum atomic E-state index is 11.7. The number of allylic oxidation sites excluding steroid dienone is 4. The number of aliphatic hydroxyl groups is 1. The minimum absolute atomic E-state index is 0.00166. The second-order valence-corrected chi connectivity index (χ2v) is 39.5. The van der Waals surface area contributed by atoms with E-state index in [1.165, 1.54) is 13.2 Å². The summed E-state index contributed by atoms with van der Waals surface area (Å²) in [6.07, 6.45) is 19.7. The van der Waals surface area contributed by atoms with E-state index in [1.54, 1.807) is 13.2 Å². The molecule has 402 valence electrons. The van der Waals surface area contributed by atoms with Crippen LogP contribution >= 0.6 is 0 Å². The zero-order valence-corrected chi connectivity index (χ0v) is 51.9. The molecule has 0 saturated heterocycles. The van der Waals surface area contributed by atoms with Crippen molar-refractivity contribution in [1.29, 1.82) is 0 Å². The quantitative estimate of drug-likeness (QED) is 0.0268. The molecule has 0 fully saturated rings. The second-order valence-electron chi connectivity index (χ2n) is 25.2. The lowest BCUT2D eigenvalue weighted by atomic mass is 9.82. The lowest BCUT2D eigenvalue weighted by Crippen LogP contribution is -2.48. The maximum absolute atomic E-state index is 11.7. The summed E-state index contributed by atoms with van der Waals surface area (Å²) in [5, 5.41) is 11.8. The average Bonchev–Trinajstić information content (AvgIpc) is 3.25. The molecule has 1 N–H and O–H groups in total. The molecular formula is C59H106O8Si3. The third-order valence-corrected chi connectivity index (χ3v) is 29.5. The summed E-state index contributed by atoms with van der Waals surface area (Å²) in [5.41, 5.74) is 1.11. The van der Waals surface area contributed by atoms with Crippen LogP contribution in [0.25, 0.3) is 0 Å². The average molecular weight is 1030 g/mol. The molecule has 0 heterocycles. The van der Waals surface area contributed by atoms with Gasteiger partial charge in [-0.2, -0.15) is 0 Å². The highest BCUT2D eigenvalue weighted by atomic mass is 28.4. The van der Waals surface area contributed by atoms with Crippen LogP contribution in [0, 0.1) is 35.5 Å². The van der Waals surface area contributed by atoms with Crippen molar-refractivity contribution in [1.82, 2.24) is 0 Å². The summed E-state index contributed by atoms with van der Waals surface area (Å²) in [4.78, 5) is 11.7. The molecule has 11 atom stereocenters. The smallest absolute Gasteiger partial charge is 0.330 e. The summed E-state index contributed by atoms with van der Waals surface area (Å²) in [6.45, 7) is 52.7. The van der Waals surface area contributed by atoms with Gasteiger partial charge in [0.25, 0.3) is 0 Å². The standard InChI is InChI=1S/C59H106O8Si3/c1-25-26-29-45(4)56(64-42-49-34-37-51(62-17)38-35-49)48(7)52(65-68(19,20)57(8,9)10)39-32-43(2)40-47(6)55(67-70(23,24)59(14,15)16)46(5)33-36-50(60)41-53(66-69(21,22)58(11,12)13)44(3)30-27-28-31-54(61)63-18/h25-31,33-38,43-48,50,52-53,55-56,60H,1,32,39-42H2,2-24H3/b29-26-,30-27+,31-28-,36-33-/t43-,44+,45-,46+,47-,48-,50+,52+,53-,55+,56-/m0/s1. The summed E-state index contributed by atoms with van der Waals surface area (Å²) < 4.78 is 38.8. The number of carbonyl (C=O) groups is 1. The topological polar surface area (TPSA) is 92.7 Å². The fourth-order valence-corrected chi connectivity index (χ4v) is 12.4. The predicted molar refractivity (Wildman–Crippen MR) is 306 cm³/mol. The number of esters is 1. The highest BCUT2D eigenvalue weighted by Crippen LogP contribution is 2.43. The summed E-state index contributed by atoms with van der Waals surface area (Å²) in [5.74, 6) is 1.46. The van der Waals surface area contributed by atoms with Crippen LogP contribution in [-0.4, -0.2) is 80.8 Å². The molecule has 1 aromatic rings. The highest BCUT2D eigenvalue weighted by molar-refractivity contribution is 6.75. The van der Waals surface area contributed by atoms with Gasteiger partial charge in [-0.15, -0.1) is 0 Å². The van der Waals surface area contributed by atoms with E-state index in [0.29, 0.717) is 18.9 Å². The maximum Gasteiger partial charge on any atom is 0.330 e. The lowest BCUT2D eigenvalue weighted by molar-refractivity contribution is -0.134. The van der Waals surface area contributed by atoms with Crippen LogP contribution in [0.4, 0.5) is 0 Å². The van der Waals surface area contributed by atoms with Crippen LogP contribution < -0.4 is 4.74 Å². The summed E-state index contributed by atoms with van der Waals surface area (Å²) >= 11 is 0. The van der Waals surface area contributed by atoms with Crippen molar-refractivity contribution in [3.63, 3.8) is 0 Å². The van der Waals surface area contributed by atoms with Gasteiger partial charge in [-0.3, -0.25) is 0 Å². The van der Waals surface area contributed by atoms with Crippen LogP contribution in [-0.2, 0) is 34.2 Å². The molecule has 0 aliphatic heterocycles. The summed E-state index contributed by atoms with van der Waals surface area (Å²) in [7, 11) is -3.46. The van der Waals surface area contributed by atoms with Crippen molar-refractivity contribution >= 4 is 30.9 Å². The highest BCUT2D eigenvalue weighted by Gasteiger charge is 2.44. The first-order valence-electron chi connectivity index (χ1n) is 26.4. The van der Waals surface area contributed by atoms with E-state index < -0.39 is 37.0 Å². The van der Waals surface area contributed by atoms with E-state index in [2.05, 4.69) is 174 Å². The number of hydrogen-bond donors (Lipinski definition) is 1. The molecule has 1 rings (SSSR count). The molecule has 0 bridgehead atoms. The Balaban J connectivity index is 3.53. The Bertz CT molecular complexity index is 1800. The monoisotopic (exact) mass is 1030 g/mol. The summed E-state index contributed by atoms with van der Waals surface area (Å²) in [6, 6.07) is 8.15. The minimum atomic E-state index is -2.18. The number of methoxy groups -OCH3 is 2. The van der Waals surface area contributed by atoms with E-state index in [9.17, 15) is 9.90 Å². The van der Waals surface area contributed by atoms with Crippen LogP contribution in [0.5, 0.6) is 5.75 Å².